The van der Waals surface area contributed by atoms with E-state index in [1.165, 1.54) is 24.8 Å². The summed E-state index contributed by atoms with van der Waals surface area (Å²) >= 11 is 3.38. The number of anilines is 2. The molecule has 0 spiro atoms. The summed E-state index contributed by atoms with van der Waals surface area (Å²) in [5.74, 6) is -0.179. The smallest absolute Gasteiger partial charge is 0.242 e. The van der Waals surface area contributed by atoms with Gasteiger partial charge in [0.15, 0.2) is 0 Å². The van der Waals surface area contributed by atoms with Crippen molar-refractivity contribution in [2.24, 2.45) is 0 Å². The molecule has 2 aromatic carbocycles. The Bertz CT molecular complexity index is 1160. The molecular weight excluding hydrogens is 470 g/mol. The van der Waals surface area contributed by atoms with Gasteiger partial charge in [-0.1, -0.05) is 28.1 Å². The van der Waals surface area contributed by atoms with Crippen LogP contribution in [-0.2, 0) is 39.0 Å². The van der Waals surface area contributed by atoms with E-state index in [9.17, 15) is 18.0 Å². The van der Waals surface area contributed by atoms with E-state index in [4.69, 9.17) is 0 Å². The SMILES string of the molecule is CC(=O)N1CCc2cc(CNS(=O)(=O)c3cc(Br)cc4c3N(C(C)=O)CC4)ccc21. The molecule has 0 fully saturated rings. The van der Waals surface area contributed by atoms with Crippen LogP contribution in [0.4, 0.5) is 11.4 Å². The Morgan fingerprint density at radius 1 is 1.00 bits per heavy atom. The molecule has 2 aliphatic heterocycles. The van der Waals surface area contributed by atoms with Crippen LogP contribution >= 0.6 is 15.9 Å². The number of carbonyl (C=O) groups is 2. The van der Waals surface area contributed by atoms with Crippen molar-refractivity contribution in [1.29, 1.82) is 0 Å². The maximum absolute atomic E-state index is 13.1. The Morgan fingerprint density at radius 3 is 2.37 bits per heavy atom. The fourth-order valence-corrected chi connectivity index (χ4v) is 6.08. The van der Waals surface area contributed by atoms with Gasteiger partial charge < -0.3 is 9.80 Å². The summed E-state index contributed by atoms with van der Waals surface area (Å²) in [6.45, 7) is 4.22. The average molecular weight is 492 g/mol. The van der Waals surface area contributed by atoms with Gasteiger partial charge in [-0.15, -0.1) is 0 Å². The summed E-state index contributed by atoms with van der Waals surface area (Å²) in [5, 5.41) is 0. The van der Waals surface area contributed by atoms with E-state index in [2.05, 4.69) is 20.7 Å². The summed E-state index contributed by atoms with van der Waals surface area (Å²) in [5.41, 5.74) is 4.04. The summed E-state index contributed by atoms with van der Waals surface area (Å²) < 4.78 is 29.6. The van der Waals surface area contributed by atoms with Crippen molar-refractivity contribution in [3.63, 3.8) is 0 Å². The van der Waals surface area contributed by atoms with Crippen molar-refractivity contribution in [1.82, 2.24) is 4.72 Å². The van der Waals surface area contributed by atoms with E-state index >= 15 is 0 Å². The van der Waals surface area contributed by atoms with Crippen molar-refractivity contribution < 1.29 is 18.0 Å². The van der Waals surface area contributed by atoms with Crippen LogP contribution in [0.3, 0.4) is 0 Å². The third-order valence-corrected chi connectivity index (χ3v) is 7.42. The molecule has 2 aromatic rings. The number of benzene rings is 2. The maximum atomic E-state index is 13.1. The summed E-state index contributed by atoms with van der Waals surface area (Å²) in [6, 6.07) is 9.03. The fraction of sp³-hybridized carbons (Fsp3) is 0.333. The minimum absolute atomic E-state index is 0.000684. The van der Waals surface area contributed by atoms with Crippen LogP contribution in [0.1, 0.15) is 30.5 Å². The van der Waals surface area contributed by atoms with Crippen LogP contribution in [0, 0.1) is 0 Å². The van der Waals surface area contributed by atoms with Gasteiger partial charge in [-0.25, -0.2) is 13.1 Å². The third-order valence-electron chi connectivity index (χ3n) is 5.55. The normalized spacial score (nSPS) is 15.3. The predicted octanol–water partition coefficient (Wildman–Crippen LogP) is 2.75. The van der Waals surface area contributed by atoms with E-state index in [0.29, 0.717) is 29.7 Å². The molecule has 1 N–H and O–H groups in total. The minimum Gasteiger partial charge on any atom is -0.312 e. The highest BCUT2D eigenvalue weighted by molar-refractivity contribution is 9.10. The second-order valence-corrected chi connectivity index (χ2v) is 10.2. The first-order valence-corrected chi connectivity index (χ1v) is 11.9. The molecule has 0 saturated heterocycles. The second-order valence-electron chi connectivity index (χ2n) is 7.54. The summed E-state index contributed by atoms with van der Waals surface area (Å²) in [7, 11) is -3.85. The number of nitrogens with one attached hydrogen (secondary N) is 1. The quantitative estimate of drug-likeness (QED) is 0.712. The van der Waals surface area contributed by atoms with Crippen LogP contribution in [-0.4, -0.2) is 33.3 Å². The molecule has 0 saturated carbocycles. The molecule has 0 atom stereocenters. The Labute approximate surface area is 184 Å². The van der Waals surface area contributed by atoms with E-state index in [0.717, 1.165) is 28.8 Å². The van der Waals surface area contributed by atoms with Crippen molar-refractivity contribution in [3.05, 3.63) is 51.5 Å². The summed E-state index contributed by atoms with van der Waals surface area (Å²) in [4.78, 5) is 27.1. The van der Waals surface area contributed by atoms with Gasteiger partial charge in [0.25, 0.3) is 0 Å². The zero-order chi connectivity index (χ0) is 21.6. The van der Waals surface area contributed by atoms with E-state index in [1.807, 2.05) is 24.3 Å². The molecule has 2 amide bonds. The van der Waals surface area contributed by atoms with Gasteiger partial charge in [-0.05, 0) is 47.7 Å². The largest absolute Gasteiger partial charge is 0.312 e. The lowest BCUT2D eigenvalue weighted by Gasteiger charge is -2.19. The number of hydrogen-bond donors (Lipinski definition) is 1. The van der Waals surface area contributed by atoms with Gasteiger partial charge in [0, 0.05) is 43.6 Å². The lowest BCUT2D eigenvalue weighted by atomic mass is 10.1. The van der Waals surface area contributed by atoms with Crippen molar-refractivity contribution in [2.75, 3.05) is 22.9 Å². The van der Waals surface area contributed by atoms with Crippen molar-refractivity contribution >= 4 is 49.1 Å². The van der Waals surface area contributed by atoms with Gasteiger partial charge in [0.05, 0.1) is 5.69 Å². The van der Waals surface area contributed by atoms with Gasteiger partial charge in [0.1, 0.15) is 4.90 Å². The molecule has 2 aliphatic rings. The van der Waals surface area contributed by atoms with Gasteiger partial charge in [-0.3, -0.25) is 9.59 Å². The Hall–Kier alpha value is -2.23. The Morgan fingerprint density at radius 2 is 1.67 bits per heavy atom. The molecule has 158 valence electrons. The first-order chi connectivity index (χ1) is 14.2. The number of amides is 2. The van der Waals surface area contributed by atoms with E-state index in [-0.39, 0.29) is 23.3 Å². The zero-order valence-electron chi connectivity index (χ0n) is 16.7. The molecule has 4 rings (SSSR count). The van der Waals surface area contributed by atoms with Gasteiger partial charge in [0.2, 0.25) is 21.8 Å². The highest BCUT2D eigenvalue weighted by Gasteiger charge is 2.31. The van der Waals surface area contributed by atoms with Gasteiger partial charge in [-0.2, -0.15) is 0 Å². The predicted molar refractivity (Wildman–Crippen MR) is 118 cm³/mol. The number of hydrogen-bond acceptors (Lipinski definition) is 4. The van der Waals surface area contributed by atoms with Crippen molar-refractivity contribution in [2.45, 2.75) is 38.1 Å². The number of fused-ring (bicyclic) bond motifs is 2. The Balaban J connectivity index is 1.60. The lowest BCUT2D eigenvalue weighted by molar-refractivity contribution is -0.117. The van der Waals surface area contributed by atoms with Crippen molar-refractivity contribution in [3.8, 4) is 0 Å². The first kappa shape index (κ1) is 21.0. The van der Waals surface area contributed by atoms with E-state index in [1.54, 1.807) is 4.90 Å². The molecule has 0 radical (unpaired) electrons. The number of rotatable bonds is 4. The molecule has 0 aromatic heterocycles. The molecule has 9 heteroatoms. The molecule has 2 heterocycles. The molecular formula is C21H22BrN3O4S. The molecule has 0 aliphatic carbocycles. The number of sulfonamides is 1. The van der Waals surface area contributed by atoms with Crippen LogP contribution in [0.25, 0.3) is 0 Å². The van der Waals surface area contributed by atoms with Crippen LogP contribution in [0.15, 0.2) is 39.7 Å². The maximum Gasteiger partial charge on any atom is 0.242 e. The minimum atomic E-state index is -3.85. The lowest BCUT2D eigenvalue weighted by Crippen LogP contribution is -2.30. The molecule has 30 heavy (non-hydrogen) atoms. The molecule has 0 unspecified atom stereocenters. The molecule has 7 nitrogen and oxygen atoms in total. The zero-order valence-corrected chi connectivity index (χ0v) is 19.1. The van der Waals surface area contributed by atoms with Crippen LogP contribution in [0.5, 0.6) is 0 Å². The van der Waals surface area contributed by atoms with E-state index < -0.39 is 10.0 Å². The number of carbonyl (C=O) groups excluding carboxylic acids is 2. The number of halogens is 1. The topological polar surface area (TPSA) is 86.8 Å². The Kier molecular flexibility index (Phi) is 5.46. The van der Waals surface area contributed by atoms with Crippen LogP contribution < -0.4 is 14.5 Å². The highest BCUT2D eigenvalue weighted by atomic mass is 79.9. The average Bonchev–Trinajstić information content (AvgIpc) is 3.29. The first-order valence-electron chi connectivity index (χ1n) is 9.67. The van der Waals surface area contributed by atoms with Crippen LogP contribution in [0.2, 0.25) is 0 Å². The highest BCUT2D eigenvalue weighted by Crippen LogP contribution is 2.37. The monoisotopic (exact) mass is 491 g/mol. The molecule has 0 bridgehead atoms. The second kappa shape index (κ2) is 7.79. The summed E-state index contributed by atoms with van der Waals surface area (Å²) in [6.07, 6.45) is 1.37. The number of nitrogens with zero attached hydrogens (tertiary/aromatic N) is 2. The standard InChI is InChI=1S/C21H22BrN3O4S/c1-13(26)24-7-5-16-9-15(3-4-19(16)24)12-23-30(28,29)20-11-18(22)10-17-6-8-25(14(2)27)21(17)20/h3-4,9-11,23H,5-8,12H2,1-2H3. The van der Waals surface area contributed by atoms with Gasteiger partial charge >= 0.3 is 0 Å². The third kappa shape index (κ3) is 3.77. The fourth-order valence-electron chi connectivity index (χ4n) is 4.14.